The highest BCUT2D eigenvalue weighted by Crippen LogP contribution is 2.34. The van der Waals surface area contributed by atoms with E-state index in [4.69, 9.17) is 14.2 Å². The predicted molar refractivity (Wildman–Crippen MR) is 97.4 cm³/mol. The van der Waals surface area contributed by atoms with Crippen molar-refractivity contribution in [2.75, 3.05) is 14.2 Å². The summed E-state index contributed by atoms with van der Waals surface area (Å²) >= 11 is 0. The fourth-order valence-corrected chi connectivity index (χ4v) is 2.49. The first-order chi connectivity index (χ1) is 12.0. The molecule has 0 spiro atoms. The highest BCUT2D eigenvalue weighted by atomic mass is 16.5. The second kappa shape index (κ2) is 8.44. The normalized spacial score (nSPS) is 13.5. The third-order valence-corrected chi connectivity index (χ3v) is 3.85. The number of hydrogen-bond acceptors (Lipinski definition) is 5. The van der Waals surface area contributed by atoms with E-state index in [0.717, 1.165) is 5.56 Å². The van der Waals surface area contributed by atoms with Crippen LogP contribution in [0.25, 0.3) is 6.08 Å². The molecule has 0 aliphatic rings. The first-order valence-electron chi connectivity index (χ1n) is 8.02. The lowest BCUT2D eigenvalue weighted by atomic mass is 10.0. The minimum Gasteiger partial charge on any atom is -0.504 e. The largest absolute Gasteiger partial charge is 0.504 e. The van der Waals surface area contributed by atoms with Crippen LogP contribution in [0.4, 0.5) is 0 Å². The van der Waals surface area contributed by atoms with Crippen LogP contribution < -0.4 is 14.2 Å². The van der Waals surface area contributed by atoms with Gasteiger partial charge in [-0.05, 0) is 49.2 Å². The predicted octanol–water partition coefficient (Wildman–Crippen LogP) is 3.94. The molecule has 2 atom stereocenters. The summed E-state index contributed by atoms with van der Waals surface area (Å²) in [6, 6.07) is 10.3. The molecule has 0 saturated heterocycles. The van der Waals surface area contributed by atoms with Crippen LogP contribution in [0.2, 0.25) is 0 Å². The second-order valence-corrected chi connectivity index (χ2v) is 5.61. The molecule has 1 unspecified atom stereocenters. The van der Waals surface area contributed by atoms with E-state index in [2.05, 4.69) is 0 Å². The fourth-order valence-electron chi connectivity index (χ4n) is 2.49. The van der Waals surface area contributed by atoms with Crippen LogP contribution in [0.5, 0.6) is 23.0 Å². The van der Waals surface area contributed by atoms with Crippen molar-refractivity contribution in [1.82, 2.24) is 0 Å². The highest BCUT2D eigenvalue weighted by molar-refractivity contribution is 5.55. The van der Waals surface area contributed by atoms with Gasteiger partial charge in [-0.3, -0.25) is 0 Å². The number of aromatic hydroxyl groups is 1. The van der Waals surface area contributed by atoms with Gasteiger partial charge in [-0.25, -0.2) is 0 Å². The lowest BCUT2D eigenvalue weighted by Crippen LogP contribution is -2.22. The van der Waals surface area contributed by atoms with E-state index in [1.807, 2.05) is 37.3 Å². The summed E-state index contributed by atoms with van der Waals surface area (Å²) in [6.07, 6.45) is 2.48. The monoisotopic (exact) mass is 344 g/mol. The lowest BCUT2D eigenvalue weighted by molar-refractivity contribution is 0.0450. The molecule has 2 aromatic rings. The maximum Gasteiger partial charge on any atom is 0.161 e. The SMILES string of the molecule is C/C=C/c1ccc(OC(C)[C@@H](O)c2ccc(O)c(OC)c2)c(OC)c1. The van der Waals surface area contributed by atoms with Gasteiger partial charge in [0.2, 0.25) is 0 Å². The molecule has 0 radical (unpaired) electrons. The van der Waals surface area contributed by atoms with Gasteiger partial charge in [-0.1, -0.05) is 24.3 Å². The molecule has 0 aliphatic carbocycles. The minimum atomic E-state index is -0.894. The zero-order chi connectivity index (χ0) is 18.4. The number of phenolic OH excluding ortho intramolecular Hbond substituents is 1. The molecule has 5 heteroatoms. The molecule has 25 heavy (non-hydrogen) atoms. The van der Waals surface area contributed by atoms with Crippen LogP contribution in [-0.4, -0.2) is 30.5 Å². The van der Waals surface area contributed by atoms with Gasteiger partial charge < -0.3 is 24.4 Å². The zero-order valence-electron chi connectivity index (χ0n) is 14.9. The van der Waals surface area contributed by atoms with Crippen molar-refractivity contribution in [3.8, 4) is 23.0 Å². The topological polar surface area (TPSA) is 68.2 Å². The number of allylic oxidation sites excluding steroid dienone is 1. The Kier molecular flexibility index (Phi) is 6.31. The van der Waals surface area contributed by atoms with Crippen LogP contribution in [0.3, 0.4) is 0 Å². The first kappa shape index (κ1) is 18.7. The Bertz CT molecular complexity index is 739. The molecular formula is C20H24O5. The molecule has 134 valence electrons. The number of ether oxygens (including phenoxy) is 3. The first-order valence-corrected chi connectivity index (χ1v) is 8.02. The third-order valence-electron chi connectivity index (χ3n) is 3.85. The molecule has 0 aromatic heterocycles. The van der Waals surface area contributed by atoms with Crippen molar-refractivity contribution in [2.24, 2.45) is 0 Å². The van der Waals surface area contributed by atoms with Gasteiger partial charge in [0.1, 0.15) is 12.2 Å². The van der Waals surface area contributed by atoms with Crippen molar-refractivity contribution in [3.63, 3.8) is 0 Å². The van der Waals surface area contributed by atoms with Crippen LogP contribution in [0.15, 0.2) is 42.5 Å². The van der Waals surface area contributed by atoms with Crippen molar-refractivity contribution in [3.05, 3.63) is 53.6 Å². The summed E-state index contributed by atoms with van der Waals surface area (Å²) in [5, 5.41) is 20.2. The smallest absolute Gasteiger partial charge is 0.161 e. The molecule has 5 nitrogen and oxygen atoms in total. The van der Waals surface area contributed by atoms with E-state index in [1.165, 1.54) is 13.2 Å². The van der Waals surface area contributed by atoms with E-state index in [-0.39, 0.29) is 5.75 Å². The van der Waals surface area contributed by atoms with Crippen molar-refractivity contribution < 1.29 is 24.4 Å². The Hall–Kier alpha value is -2.66. The van der Waals surface area contributed by atoms with Crippen LogP contribution in [0, 0.1) is 0 Å². The maximum absolute atomic E-state index is 10.5. The Morgan fingerprint density at radius 2 is 1.68 bits per heavy atom. The molecule has 2 aromatic carbocycles. The Morgan fingerprint density at radius 1 is 0.960 bits per heavy atom. The number of hydrogen-bond donors (Lipinski definition) is 2. The van der Waals surface area contributed by atoms with Crippen LogP contribution in [0.1, 0.15) is 31.1 Å². The van der Waals surface area contributed by atoms with Gasteiger partial charge in [0.25, 0.3) is 0 Å². The van der Waals surface area contributed by atoms with E-state index >= 15 is 0 Å². The number of phenols is 1. The Labute approximate surface area is 148 Å². The summed E-state index contributed by atoms with van der Waals surface area (Å²) in [5.74, 6) is 1.47. The van der Waals surface area contributed by atoms with Gasteiger partial charge in [0, 0.05) is 0 Å². The Morgan fingerprint density at radius 3 is 2.32 bits per heavy atom. The average molecular weight is 344 g/mol. The number of methoxy groups -OCH3 is 2. The Balaban J connectivity index is 2.19. The summed E-state index contributed by atoms with van der Waals surface area (Å²) in [6.45, 7) is 3.71. The van der Waals surface area contributed by atoms with E-state index in [0.29, 0.717) is 22.8 Å². The van der Waals surface area contributed by atoms with E-state index in [9.17, 15) is 10.2 Å². The van der Waals surface area contributed by atoms with Gasteiger partial charge >= 0.3 is 0 Å². The number of benzene rings is 2. The average Bonchev–Trinajstić information content (AvgIpc) is 2.62. The molecule has 0 fully saturated rings. The maximum atomic E-state index is 10.5. The van der Waals surface area contributed by atoms with Crippen LogP contribution in [-0.2, 0) is 0 Å². The van der Waals surface area contributed by atoms with E-state index in [1.54, 1.807) is 26.2 Å². The standard InChI is InChI=1S/C20H24O5/c1-5-6-14-7-10-17(19(11-14)24-4)25-13(2)20(22)15-8-9-16(21)18(12-15)23-3/h5-13,20-22H,1-4H3/b6-5+/t13?,20-/m1/s1. The van der Waals surface area contributed by atoms with Crippen molar-refractivity contribution in [2.45, 2.75) is 26.1 Å². The third kappa shape index (κ3) is 4.45. The minimum absolute atomic E-state index is 0.0215. The molecule has 0 saturated carbocycles. The van der Waals surface area contributed by atoms with Crippen molar-refractivity contribution >= 4 is 6.08 Å². The summed E-state index contributed by atoms with van der Waals surface area (Å²) < 4.78 is 16.3. The molecule has 0 bridgehead atoms. The molecule has 0 heterocycles. The molecule has 2 rings (SSSR count). The zero-order valence-corrected chi connectivity index (χ0v) is 14.9. The molecule has 2 N–H and O–H groups in total. The molecule has 0 amide bonds. The number of aliphatic hydroxyl groups excluding tert-OH is 1. The van der Waals surface area contributed by atoms with E-state index < -0.39 is 12.2 Å². The van der Waals surface area contributed by atoms with Crippen LogP contribution >= 0.6 is 0 Å². The molecule has 0 aliphatic heterocycles. The highest BCUT2D eigenvalue weighted by Gasteiger charge is 2.21. The lowest BCUT2D eigenvalue weighted by Gasteiger charge is -2.22. The van der Waals surface area contributed by atoms with Crippen molar-refractivity contribution in [1.29, 1.82) is 0 Å². The summed E-state index contributed by atoms with van der Waals surface area (Å²) in [5.41, 5.74) is 1.59. The summed E-state index contributed by atoms with van der Waals surface area (Å²) in [4.78, 5) is 0. The fraction of sp³-hybridized carbons (Fsp3) is 0.300. The summed E-state index contributed by atoms with van der Waals surface area (Å²) in [7, 11) is 3.04. The van der Waals surface area contributed by atoms with Gasteiger partial charge in [0.05, 0.1) is 14.2 Å². The second-order valence-electron chi connectivity index (χ2n) is 5.61. The number of aliphatic hydroxyl groups is 1. The quantitative estimate of drug-likeness (QED) is 0.796. The van der Waals surface area contributed by atoms with Gasteiger partial charge in [-0.2, -0.15) is 0 Å². The van der Waals surface area contributed by atoms with Gasteiger partial charge in [0.15, 0.2) is 23.0 Å². The van der Waals surface area contributed by atoms with Gasteiger partial charge in [-0.15, -0.1) is 0 Å². The molecular weight excluding hydrogens is 320 g/mol. The number of rotatable bonds is 7.